The average molecular weight is 310 g/mol. The van der Waals surface area contributed by atoms with Crippen LogP contribution in [0.5, 0.6) is 5.75 Å². The number of ether oxygens (including phenoxy) is 2. The van der Waals surface area contributed by atoms with E-state index in [2.05, 4.69) is 5.32 Å². The number of amides is 1. The fraction of sp³-hybridized carbons (Fsp3) is 0.562. The Morgan fingerprint density at radius 1 is 1.50 bits per heavy atom. The van der Waals surface area contributed by atoms with Crippen molar-refractivity contribution in [1.29, 1.82) is 0 Å². The Labute approximate surface area is 130 Å². The van der Waals surface area contributed by atoms with E-state index in [9.17, 15) is 9.18 Å². The van der Waals surface area contributed by atoms with Crippen molar-refractivity contribution in [2.75, 3.05) is 26.9 Å². The topological polar surface area (TPSA) is 73.6 Å². The van der Waals surface area contributed by atoms with Crippen LogP contribution < -0.4 is 15.8 Å². The lowest BCUT2D eigenvalue weighted by molar-refractivity contribution is -0.136. The standard InChI is InChI=1S/C16H23FN2O3/c1-11(13-9-12(17)3-4-14(13)21-2)19-15(20)16(10-18)5-7-22-8-6-16/h3-4,9,11H,5-8,10,18H2,1-2H3,(H,19,20). The normalized spacial score (nSPS) is 18.5. The van der Waals surface area contributed by atoms with Crippen molar-refractivity contribution < 1.29 is 18.7 Å². The summed E-state index contributed by atoms with van der Waals surface area (Å²) in [5.74, 6) is 0.0663. The lowest BCUT2D eigenvalue weighted by Gasteiger charge is -2.35. The van der Waals surface area contributed by atoms with E-state index in [4.69, 9.17) is 15.2 Å². The molecule has 3 N–H and O–H groups in total. The van der Waals surface area contributed by atoms with E-state index in [-0.39, 0.29) is 24.3 Å². The summed E-state index contributed by atoms with van der Waals surface area (Å²) in [6.07, 6.45) is 1.20. The minimum atomic E-state index is -0.604. The van der Waals surface area contributed by atoms with Gasteiger partial charge in [-0.15, -0.1) is 0 Å². The highest BCUT2D eigenvalue weighted by Crippen LogP contribution is 2.32. The highest BCUT2D eigenvalue weighted by atomic mass is 19.1. The fourth-order valence-corrected chi connectivity index (χ4v) is 2.76. The Bertz CT molecular complexity index is 530. The molecule has 6 heteroatoms. The first-order chi connectivity index (χ1) is 10.5. The van der Waals surface area contributed by atoms with Gasteiger partial charge in [-0.1, -0.05) is 0 Å². The SMILES string of the molecule is COc1ccc(F)cc1C(C)NC(=O)C1(CN)CCOCC1. The van der Waals surface area contributed by atoms with Gasteiger partial charge in [0.2, 0.25) is 5.91 Å². The van der Waals surface area contributed by atoms with Crippen molar-refractivity contribution in [3.63, 3.8) is 0 Å². The molecule has 0 bridgehead atoms. The zero-order valence-electron chi connectivity index (χ0n) is 13.0. The molecule has 0 aromatic heterocycles. The Morgan fingerprint density at radius 2 is 2.18 bits per heavy atom. The molecule has 1 fully saturated rings. The molecule has 0 saturated carbocycles. The fourth-order valence-electron chi connectivity index (χ4n) is 2.76. The van der Waals surface area contributed by atoms with Gasteiger partial charge in [0.15, 0.2) is 0 Å². The molecule has 1 unspecified atom stereocenters. The van der Waals surface area contributed by atoms with Crippen LogP contribution in [0.4, 0.5) is 4.39 Å². The van der Waals surface area contributed by atoms with Gasteiger partial charge in [0.05, 0.1) is 18.6 Å². The molecule has 1 atom stereocenters. The van der Waals surface area contributed by atoms with Crippen LogP contribution in [0.3, 0.4) is 0 Å². The number of nitrogens with two attached hydrogens (primary N) is 1. The van der Waals surface area contributed by atoms with E-state index in [1.54, 1.807) is 13.0 Å². The van der Waals surface area contributed by atoms with Gasteiger partial charge in [-0.25, -0.2) is 4.39 Å². The number of rotatable bonds is 5. The highest BCUT2D eigenvalue weighted by molar-refractivity contribution is 5.83. The van der Waals surface area contributed by atoms with Crippen LogP contribution in [-0.2, 0) is 9.53 Å². The van der Waals surface area contributed by atoms with Crippen LogP contribution in [0.1, 0.15) is 31.4 Å². The van der Waals surface area contributed by atoms with E-state index >= 15 is 0 Å². The second-order valence-corrected chi connectivity index (χ2v) is 5.68. The largest absolute Gasteiger partial charge is 0.496 e. The number of halogens is 1. The number of carbonyl (C=O) groups excluding carboxylic acids is 1. The van der Waals surface area contributed by atoms with Crippen molar-refractivity contribution in [3.8, 4) is 5.75 Å². The molecular weight excluding hydrogens is 287 g/mol. The van der Waals surface area contributed by atoms with Gasteiger partial charge in [-0.3, -0.25) is 4.79 Å². The molecule has 1 amide bonds. The number of hydrogen-bond donors (Lipinski definition) is 2. The minimum Gasteiger partial charge on any atom is -0.496 e. The molecule has 5 nitrogen and oxygen atoms in total. The molecule has 22 heavy (non-hydrogen) atoms. The number of carbonyl (C=O) groups is 1. The summed E-state index contributed by atoms with van der Waals surface area (Å²) in [6.45, 7) is 3.14. The van der Waals surface area contributed by atoms with Crippen molar-refractivity contribution in [1.82, 2.24) is 5.32 Å². The molecular formula is C16H23FN2O3. The van der Waals surface area contributed by atoms with Crippen LogP contribution in [0.2, 0.25) is 0 Å². The van der Waals surface area contributed by atoms with Crippen LogP contribution >= 0.6 is 0 Å². The molecule has 122 valence electrons. The van der Waals surface area contributed by atoms with Gasteiger partial charge in [0, 0.05) is 25.3 Å². The predicted molar refractivity (Wildman–Crippen MR) is 81.1 cm³/mol. The number of methoxy groups -OCH3 is 1. The zero-order valence-corrected chi connectivity index (χ0v) is 13.0. The average Bonchev–Trinajstić information content (AvgIpc) is 2.55. The molecule has 0 aliphatic carbocycles. The Balaban J connectivity index is 2.15. The predicted octanol–water partition coefficient (Wildman–Crippen LogP) is 1.77. The molecule has 0 radical (unpaired) electrons. The van der Waals surface area contributed by atoms with E-state index in [0.717, 1.165) is 0 Å². The van der Waals surface area contributed by atoms with Crippen molar-refractivity contribution in [2.45, 2.75) is 25.8 Å². The third kappa shape index (κ3) is 3.39. The first-order valence-electron chi connectivity index (χ1n) is 7.44. The van der Waals surface area contributed by atoms with Crippen LogP contribution in [-0.4, -0.2) is 32.8 Å². The lowest BCUT2D eigenvalue weighted by atomic mass is 9.79. The van der Waals surface area contributed by atoms with Gasteiger partial charge in [0.25, 0.3) is 0 Å². The molecule has 1 aliphatic rings. The van der Waals surface area contributed by atoms with Crippen molar-refractivity contribution in [2.24, 2.45) is 11.1 Å². The molecule has 1 heterocycles. The third-order valence-electron chi connectivity index (χ3n) is 4.33. The van der Waals surface area contributed by atoms with E-state index in [0.29, 0.717) is 37.4 Å². The summed E-state index contributed by atoms with van der Waals surface area (Å²) >= 11 is 0. The third-order valence-corrected chi connectivity index (χ3v) is 4.33. The zero-order chi connectivity index (χ0) is 16.2. The second-order valence-electron chi connectivity index (χ2n) is 5.68. The first kappa shape index (κ1) is 16.7. The van der Waals surface area contributed by atoms with Gasteiger partial charge < -0.3 is 20.5 Å². The Morgan fingerprint density at radius 3 is 2.77 bits per heavy atom. The summed E-state index contributed by atoms with van der Waals surface area (Å²) in [4.78, 5) is 12.6. The maximum absolute atomic E-state index is 13.5. The quantitative estimate of drug-likeness (QED) is 0.869. The Hall–Kier alpha value is -1.66. The smallest absolute Gasteiger partial charge is 0.228 e. The van der Waals surface area contributed by atoms with Crippen LogP contribution in [0.25, 0.3) is 0 Å². The minimum absolute atomic E-state index is 0.114. The molecule has 1 aromatic rings. The van der Waals surface area contributed by atoms with E-state index < -0.39 is 5.41 Å². The van der Waals surface area contributed by atoms with Gasteiger partial charge >= 0.3 is 0 Å². The maximum Gasteiger partial charge on any atom is 0.228 e. The molecule has 1 saturated heterocycles. The number of benzene rings is 1. The lowest BCUT2D eigenvalue weighted by Crippen LogP contribution is -2.49. The summed E-state index contributed by atoms with van der Waals surface area (Å²) in [6, 6.07) is 3.89. The summed E-state index contributed by atoms with van der Waals surface area (Å²) in [7, 11) is 1.52. The van der Waals surface area contributed by atoms with Crippen LogP contribution in [0, 0.1) is 11.2 Å². The van der Waals surface area contributed by atoms with Gasteiger partial charge in [-0.2, -0.15) is 0 Å². The van der Waals surface area contributed by atoms with E-state index in [1.165, 1.54) is 19.2 Å². The molecule has 1 aliphatic heterocycles. The second kappa shape index (κ2) is 7.07. The first-order valence-corrected chi connectivity index (χ1v) is 7.44. The van der Waals surface area contributed by atoms with Crippen molar-refractivity contribution in [3.05, 3.63) is 29.6 Å². The van der Waals surface area contributed by atoms with Crippen LogP contribution in [0.15, 0.2) is 18.2 Å². The van der Waals surface area contributed by atoms with Gasteiger partial charge in [0.1, 0.15) is 11.6 Å². The highest BCUT2D eigenvalue weighted by Gasteiger charge is 2.39. The summed E-state index contributed by atoms with van der Waals surface area (Å²) in [5.41, 5.74) is 5.84. The van der Waals surface area contributed by atoms with Gasteiger partial charge in [-0.05, 0) is 38.0 Å². The summed E-state index contributed by atoms with van der Waals surface area (Å²) in [5, 5.41) is 2.94. The monoisotopic (exact) mass is 310 g/mol. The summed E-state index contributed by atoms with van der Waals surface area (Å²) < 4.78 is 24.0. The molecule has 2 rings (SSSR count). The molecule has 1 aromatic carbocycles. The Kier molecular flexibility index (Phi) is 5.37. The number of hydrogen-bond acceptors (Lipinski definition) is 4. The van der Waals surface area contributed by atoms with Crippen molar-refractivity contribution >= 4 is 5.91 Å². The van der Waals surface area contributed by atoms with E-state index in [1.807, 2.05) is 0 Å². The molecule has 0 spiro atoms. The number of nitrogens with one attached hydrogen (secondary N) is 1. The maximum atomic E-state index is 13.5.